The number of ether oxygens (including phenoxy) is 1. The highest BCUT2D eigenvalue weighted by atomic mass is 16.6. The highest BCUT2D eigenvalue weighted by Gasteiger charge is 2.17. The zero-order valence-corrected chi connectivity index (χ0v) is 12.7. The number of rotatable bonds is 6. The second-order valence-electron chi connectivity index (χ2n) is 5.64. The van der Waals surface area contributed by atoms with Gasteiger partial charge in [0.25, 0.3) is 5.69 Å². The van der Waals surface area contributed by atoms with E-state index in [0.29, 0.717) is 18.2 Å². The Hall–Kier alpha value is -1.66. The maximum Gasteiger partial charge on any atom is 0.270 e. The van der Waals surface area contributed by atoms with Crippen LogP contribution in [0.4, 0.5) is 5.69 Å². The monoisotopic (exact) mass is 293 g/mol. The van der Waals surface area contributed by atoms with Gasteiger partial charge < -0.3 is 15.0 Å². The van der Waals surface area contributed by atoms with Crippen LogP contribution in [-0.4, -0.2) is 43.6 Å². The summed E-state index contributed by atoms with van der Waals surface area (Å²) < 4.78 is 5.31. The SMILES string of the molecule is COc1ccc([N+](=O)[O-])cc1CN(C)CC1CCNCC1. The highest BCUT2D eigenvalue weighted by molar-refractivity contribution is 5.43. The van der Waals surface area contributed by atoms with E-state index in [1.54, 1.807) is 19.2 Å². The number of hydrogen-bond acceptors (Lipinski definition) is 5. The van der Waals surface area contributed by atoms with Gasteiger partial charge >= 0.3 is 0 Å². The molecule has 1 N–H and O–H groups in total. The molecule has 1 aromatic rings. The van der Waals surface area contributed by atoms with Crippen molar-refractivity contribution >= 4 is 5.69 Å². The summed E-state index contributed by atoms with van der Waals surface area (Å²) in [4.78, 5) is 12.8. The van der Waals surface area contributed by atoms with Crippen LogP contribution in [0.5, 0.6) is 5.75 Å². The van der Waals surface area contributed by atoms with Crippen LogP contribution in [0.25, 0.3) is 0 Å². The van der Waals surface area contributed by atoms with E-state index in [0.717, 1.165) is 25.2 Å². The number of non-ortho nitro benzene ring substituents is 1. The van der Waals surface area contributed by atoms with Crippen LogP contribution in [-0.2, 0) is 6.54 Å². The first-order valence-corrected chi connectivity index (χ1v) is 7.30. The van der Waals surface area contributed by atoms with Gasteiger partial charge in [-0.25, -0.2) is 0 Å². The van der Waals surface area contributed by atoms with Gasteiger partial charge in [0.15, 0.2) is 0 Å². The Bertz CT molecular complexity index is 487. The van der Waals surface area contributed by atoms with Crippen molar-refractivity contribution in [1.29, 1.82) is 0 Å². The summed E-state index contributed by atoms with van der Waals surface area (Å²) >= 11 is 0. The lowest BCUT2D eigenvalue weighted by Gasteiger charge is -2.27. The molecule has 1 aliphatic rings. The summed E-state index contributed by atoms with van der Waals surface area (Å²) in [5.41, 5.74) is 0.976. The predicted molar refractivity (Wildman–Crippen MR) is 81.6 cm³/mol. The second-order valence-corrected chi connectivity index (χ2v) is 5.64. The molecule has 6 heteroatoms. The van der Waals surface area contributed by atoms with Crippen molar-refractivity contribution < 1.29 is 9.66 Å². The summed E-state index contributed by atoms with van der Waals surface area (Å²) in [6.07, 6.45) is 2.38. The Labute approximate surface area is 125 Å². The van der Waals surface area contributed by atoms with E-state index in [1.165, 1.54) is 18.9 Å². The predicted octanol–water partition coefficient (Wildman–Crippen LogP) is 2.03. The fourth-order valence-electron chi connectivity index (χ4n) is 2.86. The zero-order chi connectivity index (χ0) is 15.2. The Morgan fingerprint density at radius 3 is 2.76 bits per heavy atom. The molecule has 6 nitrogen and oxygen atoms in total. The van der Waals surface area contributed by atoms with Gasteiger partial charge in [0.2, 0.25) is 0 Å². The number of nitro groups is 1. The van der Waals surface area contributed by atoms with Crippen molar-refractivity contribution in [2.75, 3.05) is 33.8 Å². The van der Waals surface area contributed by atoms with Crippen LogP contribution < -0.4 is 10.1 Å². The third-order valence-electron chi connectivity index (χ3n) is 3.94. The molecule has 0 unspecified atom stereocenters. The second kappa shape index (κ2) is 7.38. The van der Waals surface area contributed by atoms with Crippen LogP contribution in [0.1, 0.15) is 18.4 Å². The molecule has 0 saturated carbocycles. The molecule has 1 saturated heterocycles. The highest BCUT2D eigenvalue weighted by Crippen LogP contribution is 2.25. The molecule has 1 aromatic carbocycles. The molecule has 0 aromatic heterocycles. The van der Waals surface area contributed by atoms with Gasteiger partial charge in [0.05, 0.1) is 12.0 Å². The van der Waals surface area contributed by atoms with Gasteiger partial charge in [-0.1, -0.05) is 0 Å². The van der Waals surface area contributed by atoms with Gasteiger partial charge in [-0.15, -0.1) is 0 Å². The lowest BCUT2D eigenvalue weighted by atomic mass is 9.97. The summed E-state index contributed by atoms with van der Waals surface area (Å²) in [5, 5.41) is 14.3. The molecule has 0 bridgehead atoms. The van der Waals surface area contributed by atoms with Crippen molar-refractivity contribution in [2.45, 2.75) is 19.4 Å². The number of hydrogen-bond donors (Lipinski definition) is 1. The summed E-state index contributed by atoms with van der Waals surface area (Å²) in [5.74, 6) is 1.40. The average molecular weight is 293 g/mol. The van der Waals surface area contributed by atoms with E-state index < -0.39 is 0 Å². The number of benzene rings is 1. The topological polar surface area (TPSA) is 67.6 Å². The van der Waals surface area contributed by atoms with Gasteiger partial charge in [0.1, 0.15) is 5.75 Å². The van der Waals surface area contributed by atoms with Crippen molar-refractivity contribution in [1.82, 2.24) is 10.2 Å². The standard InChI is InChI=1S/C15H23N3O3/c1-17(10-12-5-7-16-8-6-12)11-13-9-14(18(19)20)3-4-15(13)21-2/h3-4,9,12,16H,5-8,10-11H2,1-2H3. The van der Waals surface area contributed by atoms with Crippen molar-refractivity contribution in [2.24, 2.45) is 5.92 Å². The number of piperidine rings is 1. The quantitative estimate of drug-likeness (QED) is 0.642. The summed E-state index contributed by atoms with van der Waals surface area (Å²) in [6, 6.07) is 4.76. The molecule has 116 valence electrons. The minimum absolute atomic E-state index is 0.112. The molecule has 0 aliphatic carbocycles. The van der Waals surface area contributed by atoms with Gasteiger partial charge in [-0.3, -0.25) is 10.1 Å². The molecule has 1 heterocycles. The first kappa shape index (κ1) is 15.7. The van der Waals surface area contributed by atoms with Crippen molar-refractivity contribution in [3.8, 4) is 5.75 Å². The minimum atomic E-state index is -0.365. The van der Waals surface area contributed by atoms with Crippen LogP contribution in [0.15, 0.2) is 18.2 Å². The van der Waals surface area contributed by atoms with Crippen LogP contribution in [0.2, 0.25) is 0 Å². The Morgan fingerprint density at radius 2 is 2.14 bits per heavy atom. The maximum absolute atomic E-state index is 10.9. The van der Waals surface area contributed by atoms with Crippen molar-refractivity contribution in [3.63, 3.8) is 0 Å². The number of nitrogens with zero attached hydrogens (tertiary/aromatic N) is 2. The van der Waals surface area contributed by atoms with Gasteiger partial charge in [0, 0.05) is 30.8 Å². The molecule has 21 heavy (non-hydrogen) atoms. The molecular formula is C15H23N3O3. The fourth-order valence-corrected chi connectivity index (χ4v) is 2.86. The molecule has 0 radical (unpaired) electrons. The normalized spacial score (nSPS) is 16.1. The lowest BCUT2D eigenvalue weighted by Crippen LogP contribution is -2.34. The molecule has 1 aliphatic heterocycles. The molecule has 0 atom stereocenters. The number of nitro benzene ring substituents is 1. The Kier molecular flexibility index (Phi) is 5.52. The first-order valence-electron chi connectivity index (χ1n) is 7.30. The van der Waals surface area contributed by atoms with Gasteiger partial charge in [-0.2, -0.15) is 0 Å². The van der Waals surface area contributed by atoms with Crippen molar-refractivity contribution in [3.05, 3.63) is 33.9 Å². The van der Waals surface area contributed by atoms with Crippen LogP contribution >= 0.6 is 0 Å². The molecule has 1 fully saturated rings. The van der Waals surface area contributed by atoms with Crippen LogP contribution in [0, 0.1) is 16.0 Å². The fraction of sp³-hybridized carbons (Fsp3) is 0.600. The van der Waals surface area contributed by atoms with E-state index in [9.17, 15) is 10.1 Å². The van der Waals surface area contributed by atoms with Crippen LogP contribution in [0.3, 0.4) is 0 Å². The maximum atomic E-state index is 10.9. The third-order valence-corrected chi connectivity index (χ3v) is 3.94. The van der Waals surface area contributed by atoms with E-state index >= 15 is 0 Å². The van der Waals surface area contributed by atoms with Gasteiger partial charge in [-0.05, 0) is 45.0 Å². The molecule has 2 rings (SSSR count). The van der Waals surface area contributed by atoms with E-state index in [2.05, 4.69) is 17.3 Å². The lowest BCUT2D eigenvalue weighted by molar-refractivity contribution is -0.384. The Balaban J connectivity index is 2.02. The smallest absolute Gasteiger partial charge is 0.270 e. The van der Waals surface area contributed by atoms with E-state index in [4.69, 9.17) is 4.74 Å². The first-order chi connectivity index (χ1) is 10.1. The zero-order valence-electron chi connectivity index (χ0n) is 12.7. The number of methoxy groups -OCH3 is 1. The Morgan fingerprint density at radius 1 is 1.43 bits per heavy atom. The third kappa shape index (κ3) is 4.41. The number of nitrogens with one attached hydrogen (secondary N) is 1. The van der Waals surface area contributed by atoms with E-state index in [-0.39, 0.29) is 10.6 Å². The van der Waals surface area contributed by atoms with E-state index in [1.807, 2.05) is 0 Å². The molecule has 0 amide bonds. The largest absolute Gasteiger partial charge is 0.496 e. The summed E-state index contributed by atoms with van der Waals surface area (Å²) in [7, 11) is 3.65. The summed E-state index contributed by atoms with van der Waals surface area (Å²) in [6.45, 7) is 3.83. The molecule has 0 spiro atoms. The molecular weight excluding hydrogens is 270 g/mol. The average Bonchev–Trinajstić information content (AvgIpc) is 2.48. The minimum Gasteiger partial charge on any atom is -0.496 e.